The summed E-state index contributed by atoms with van der Waals surface area (Å²) in [5.74, 6) is 0. The van der Waals surface area contributed by atoms with Gasteiger partial charge in [0.1, 0.15) is 0 Å². The maximum atomic E-state index is 9.23. The van der Waals surface area contributed by atoms with Gasteiger partial charge in [-0.15, -0.1) is 0 Å². The largest absolute Gasteiger partial charge is 0.192 e. The number of unbranched alkanes of at least 4 members (excludes halogenated alkanes) is 2. The van der Waals surface area contributed by atoms with E-state index in [0.717, 1.165) is 73.6 Å². The molecule has 162 valence electrons. The van der Waals surface area contributed by atoms with Crippen molar-refractivity contribution in [2.24, 2.45) is 0 Å². The highest BCUT2D eigenvalue weighted by molar-refractivity contribution is 9.11. The second kappa shape index (κ2) is 12.6. The first-order chi connectivity index (χ1) is 15.6. The molecule has 0 aliphatic heterocycles. The van der Waals surface area contributed by atoms with Crippen LogP contribution in [0.5, 0.6) is 0 Å². The average Bonchev–Trinajstić information content (AvgIpc) is 2.82. The SMILES string of the molecule is N#Cc1ccccc1CCCCc1cc(Br)c(CCCCc2ccccc2C#N)cc1Br. The summed E-state index contributed by atoms with van der Waals surface area (Å²) < 4.78 is 2.34. The molecule has 0 heterocycles. The van der Waals surface area contributed by atoms with Gasteiger partial charge in [0.05, 0.1) is 23.3 Å². The number of halogens is 2. The molecule has 3 aromatic rings. The first-order valence-corrected chi connectivity index (χ1v) is 12.6. The summed E-state index contributed by atoms with van der Waals surface area (Å²) in [6.07, 6.45) is 8.21. The van der Waals surface area contributed by atoms with Crippen molar-refractivity contribution in [1.29, 1.82) is 10.5 Å². The van der Waals surface area contributed by atoms with Crippen molar-refractivity contribution in [3.8, 4) is 12.1 Å². The molecule has 4 heteroatoms. The molecular formula is C28H26Br2N2. The predicted octanol–water partition coefficient (Wildman–Crippen LogP) is 8.09. The third-order valence-corrected chi connectivity index (χ3v) is 7.25. The summed E-state index contributed by atoms with van der Waals surface area (Å²) in [7, 11) is 0. The second-order valence-corrected chi connectivity index (χ2v) is 9.70. The Balaban J connectivity index is 1.48. The molecule has 0 aliphatic carbocycles. The standard InChI is InChI=1S/C28H26Br2N2/c29-27-18-24(14-6-2-10-22-12-4-8-16-26(22)20-32)28(30)17-23(27)13-5-1-9-21-11-3-7-15-25(21)19-31/h3-4,7-8,11-12,15-18H,1-2,5-6,9-10,13-14H2. The van der Waals surface area contributed by atoms with Crippen molar-refractivity contribution in [2.75, 3.05) is 0 Å². The monoisotopic (exact) mass is 548 g/mol. The fourth-order valence-corrected chi connectivity index (χ4v) is 5.15. The van der Waals surface area contributed by atoms with Gasteiger partial charge >= 0.3 is 0 Å². The quantitative estimate of drug-likeness (QED) is 0.240. The molecule has 0 aliphatic rings. The Kier molecular flexibility index (Phi) is 9.54. The van der Waals surface area contributed by atoms with Crippen LogP contribution in [-0.2, 0) is 25.7 Å². The molecular weight excluding hydrogens is 524 g/mol. The number of nitrogens with zero attached hydrogens (tertiary/aromatic N) is 2. The molecule has 3 rings (SSSR count). The van der Waals surface area contributed by atoms with E-state index in [1.807, 2.05) is 36.4 Å². The van der Waals surface area contributed by atoms with Crippen molar-refractivity contribution in [3.63, 3.8) is 0 Å². The first-order valence-electron chi connectivity index (χ1n) is 11.0. The third kappa shape index (κ3) is 6.80. The third-order valence-electron chi connectivity index (χ3n) is 5.78. The molecule has 0 unspecified atom stereocenters. The van der Waals surface area contributed by atoms with E-state index in [2.05, 4.69) is 68.3 Å². The smallest absolute Gasteiger partial charge is 0.0994 e. The Morgan fingerprint density at radius 2 is 0.875 bits per heavy atom. The van der Waals surface area contributed by atoms with Crippen LogP contribution in [0.4, 0.5) is 0 Å². The summed E-state index contributed by atoms with van der Waals surface area (Å²) in [6.45, 7) is 0. The van der Waals surface area contributed by atoms with Gasteiger partial charge in [0.15, 0.2) is 0 Å². The molecule has 0 aromatic heterocycles. The molecule has 0 saturated heterocycles. The predicted molar refractivity (Wildman–Crippen MR) is 137 cm³/mol. The molecule has 0 spiro atoms. The van der Waals surface area contributed by atoms with E-state index in [-0.39, 0.29) is 0 Å². The van der Waals surface area contributed by atoms with Crippen molar-refractivity contribution < 1.29 is 0 Å². The van der Waals surface area contributed by atoms with Crippen LogP contribution < -0.4 is 0 Å². The van der Waals surface area contributed by atoms with E-state index in [4.69, 9.17) is 0 Å². The van der Waals surface area contributed by atoms with E-state index in [0.29, 0.717) is 0 Å². The van der Waals surface area contributed by atoms with Crippen LogP contribution in [0.1, 0.15) is 59.1 Å². The van der Waals surface area contributed by atoms with Crippen LogP contribution in [0, 0.1) is 22.7 Å². The fraction of sp³-hybridized carbons (Fsp3) is 0.286. The van der Waals surface area contributed by atoms with Gasteiger partial charge in [-0.1, -0.05) is 68.3 Å². The number of benzene rings is 3. The normalized spacial score (nSPS) is 10.5. The number of hydrogen-bond acceptors (Lipinski definition) is 2. The van der Waals surface area contributed by atoms with Crippen LogP contribution in [0.2, 0.25) is 0 Å². The minimum Gasteiger partial charge on any atom is -0.192 e. The van der Waals surface area contributed by atoms with E-state index in [9.17, 15) is 10.5 Å². The lowest BCUT2D eigenvalue weighted by atomic mass is 9.98. The summed E-state index contributed by atoms with van der Waals surface area (Å²) in [5, 5.41) is 18.5. The van der Waals surface area contributed by atoms with Gasteiger partial charge in [0, 0.05) is 8.95 Å². The Labute approximate surface area is 208 Å². The van der Waals surface area contributed by atoms with Crippen molar-refractivity contribution >= 4 is 31.9 Å². The maximum Gasteiger partial charge on any atom is 0.0994 e. The van der Waals surface area contributed by atoms with E-state index >= 15 is 0 Å². The summed E-state index contributed by atoms with van der Waals surface area (Å²) in [6, 6.07) is 24.8. The Morgan fingerprint density at radius 1 is 0.531 bits per heavy atom. The summed E-state index contributed by atoms with van der Waals surface area (Å²) in [4.78, 5) is 0. The van der Waals surface area contributed by atoms with Crippen LogP contribution in [0.25, 0.3) is 0 Å². The fourth-order valence-electron chi connectivity index (χ4n) is 3.97. The number of nitriles is 2. The van der Waals surface area contributed by atoms with Crippen molar-refractivity contribution in [1.82, 2.24) is 0 Å². The Bertz CT molecular complexity index is 1050. The number of hydrogen-bond donors (Lipinski definition) is 0. The first kappa shape index (κ1) is 24.2. The molecule has 0 N–H and O–H groups in total. The minimum atomic E-state index is 0.789. The summed E-state index contributed by atoms with van der Waals surface area (Å²) >= 11 is 7.53. The van der Waals surface area contributed by atoms with E-state index < -0.39 is 0 Å². The molecule has 0 saturated carbocycles. The molecule has 0 fully saturated rings. The maximum absolute atomic E-state index is 9.23. The van der Waals surface area contributed by atoms with Gasteiger partial charge in [-0.25, -0.2) is 0 Å². The minimum absolute atomic E-state index is 0.789. The highest BCUT2D eigenvalue weighted by atomic mass is 79.9. The topological polar surface area (TPSA) is 47.6 Å². The molecule has 2 nitrogen and oxygen atoms in total. The lowest BCUT2D eigenvalue weighted by Crippen LogP contribution is -1.96. The van der Waals surface area contributed by atoms with Gasteiger partial charge in [0.2, 0.25) is 0 Å². The van der Waals surface area contributed by atoms with Crippen LogP contribution >= 0.6 is 31.9 Å². The Hall–Kier alpha value is -2.40. The zero-order valence-electron chi connectivity index (χ0n) is 18.1. The molecule has 0 radical (unpaired) electrons. The Morgan fingerprint density at radius 3 is 1.25 bits per heavy atom. The van der Waals surface area contributed by atoms with Gasteiger partial charge in [-0.3, -0.25) is 0 Å². The molecule has 0 amide bonds. The summed E-state index contributed by atoms with van der Waals surface area (Å²) in [5.41, 5.74) is 6.49. The lowest BCUT2D eigenvalue weighted by Gasteiger charge is -2.11. The van der Waals surface area contributed by atoms with E-state index in [1.54, 1.807) is 0 Å². The molecule has 0 atom stereocenters. The zero-order valence-corrected chi connectivity index (χ0v) is 21.3. The second-order valence-electron chi connectivity index (χ2n) is 7.99. The van der Waals surface area contributed by atoms with Gasteiger partial charge in [0.25, 0.3) is 0 Å². The van der Waals surface area contributed by atoms with Gasteiger partial charge < -0.3 is 0 Å². The van der Waals surface area contributed by atoms with Crippen molar-refractivity contribution in [2.45, 2.75) is 51.4 Å². The lowest BCUT2D eigenvalue weighted by molar-refractivity contribution is 0.724. The average molecular weight is 550 g/mol. The van der Waals surface area contributed by atoms with Crippen LogP contribution in [-0.4, -0.2) is 0 Å². The zero-order chi connectivity index (χ0) is 22.8. The number of aryl methyl sites for hydroxylation is 4. The van der Waals surface area contributed by atoms with Crippen LogP contribution in [0.3, 0.4) is 0 Å². The molecule has 32 heavy (non-hydrogen) atoms. The van der Waals surface area contributed by atoms with Crippen LogP contribution in [0.15, 0.2) is 69.6 Å². The van der Waals surface area contributed by atoms with Gasteiger partial charge in [-0.05, 0) is 97.9 Å². The highest BCUT2D eigenvalue weighted by Gasteiger charge is 2.08. The van der Waals surface area contributed by atoms with Gasteiger partial charge in [-0.2, -0.15) is 10.5 Å². The molecule has 3 aromatic carbocycles. The van der Waals surface area contributed by atoms with E-state index in [1.165, 1.54) is 20.1 Å². The highest BCUT2D eigenvalue weighted by Crippen LogP contribution is 2.29. The van der Waals surface area contributed by atoms with Crippen molar-refractivity contribution in [3.05, 3.63) is 103 Å². The number of rotatable bonds is 10. The molecule has 0 bridgehead atoms.